The van der Waals surface area contributed by atoms with Crippen LogP contribution >= 0.6 is 23.3 Å². The van der Waals surface area contributed by atoms with Gasteiger partial charge < -0.3 is 11.1 Å². The first-order valence-corrected chi connectivity index (χ1v) is 10.9. The van der Waals surface area contributed by atoms with Gasteiger partial charge in [-0.3, -0.25) is 10.1 Å². The van der Waals surface area contributed by atoms with Crippen molar-refractivity contribution in [2.75, 3.05) is 5.32 Å². The maximum Gasteiger partial charge on any atom is 0.149 e. The molecule has 0 fully saturated rings. The Morgan fingerprint density at radius 2 is 1.68 bits per heavy atom. The minimum absolute atomic E-state index is 0.0134. The number of rotatable bonds is 5. The van der Waals surface area contributed by atoms with Gasteiger partial charge in [0.25, 0.3) is 0 Å². The average molecular weight is 425 g/mol. The van der Waals surface area contributed by atoms with Crippen molar-refractivity contribution in [3.8, 4) is 0 Å². The quantitative estimate of drug-likeness (QED) is 0.490. The van der Waals surface area contributed by atoms with Gasteiger partial charge in [0, 0.05) is 23.0 Å². The van der Waals surface area contributed by atoms with Crippen molar-refractivity contribution in [3.63, 3.8) is 0 Å². The molecule has 0 saturated carbocycles. The molecule has 2 aromatic rings. The van der Waals surface area contributed by atoms with Gasteiger partial charge in [-0.15, -0.1) is 11.3 Å². The first-order valence-electron chi connectivity index (χ1n) is 9.24. The van der Waals surface area contributed by atoms with Crippen LogP contribution in [0.1, 0.15) is 76.3 Å². The summed E-state index contributed by atoms with van der Waals surface area (Å²) in [7, 11) is 0. The van der Waals surface area contributed by atoms with Crippen LogP contribution < -0.4 is 16.2 Å². The third-order valence-corrected chi connectivity index (χ3v) is 6.31. The molecule has 0 unspecified atom stereocenters. The Balaban J connectivity index is 0.000000292. The molecule has 0 aliphatic rings. The van der Waals surface area contributed by atoms with Gasteiger partial charge in [0.05, 0.1) is 5.82 Å². The van der Waals surface area contributed by atoms with Gasteiger partial charge in [0.15, 0.2) is 0 Å². The monoisotopic (exact) mass is 424 g/mol. The number of halogens is 1. The second-order valence-electron chi connectivity index (χ2n) is 8.27. The fraction of sp³-hybridized carbons (Fsp3) is 0.476. The number of pyridine rings is 1. The number of aromatic nitrogens is 1. The summed E-state index contributed by atoms with van der Waals surface area (Å²) in [4.78, 5) is 5.32. The number of thiophene rings is 1. The molecule has 7 heteroatoms. The molecular formula is C21H33FN4S2. The number of hydrogen-bond donors (Lipinski definition) is 3. The predicted octanol–water partition coefficient (Wildman–Crippen LogP) is 6.32. The molecule has 0 atom stereocenters. The van der Waals surface area contributed by atoms with Crippen LogP contribution in [0.3, 0.4) is 0 Å². The van der Waals surface area contributed by atoms with Crippen molar-refractivity contribution in [1.29, 1.82) is 0 Å². The van der Waals surface area contributed by atoms with Gasteiger partial charge >= 0.3 is 0 Å². The molecule has 156 valence electrons. The molecule has 5 N–H and O–H groups in total. The van der Waals surface area contributed by atoms with Crippen molar-refractivity contribution < 1.29 is 4.39 Å². The largest absolute Gasteiger partial charge is 0.386 e. The SMILES string of the molecule is C=C(N)Nc1c(C(C)C)cncc1C(C)C.CC(C)(C)c1cc(F)c(SN)s1. The van der Waals surface area contributed by atoms with Crippen molar-refractivity contribution in [3.05, 3.63) is 52.7 Å². The highest BCUT2D eigenvalue weighted by molar-refractivity contribution is 7.99. The second kappa shape index (κ2) is 10.3. The van der Waals surface area contributed by atoms with E-state index in [1.807, 2.05) is 12.4 Å². The van der Waals surface area contributed by atoms with Crippen LogP contribution in [0, 0.1) is 5.82 Å². The van der Waals surface area contributed by atoms with Gasteiger partial charge in [-0.1, -0.05) is 55.0 Å². The Kier molecular flexibility index (Phi) is 8.98. The van der Waals surface area contributed by atoms with Gasteiger partial charge in [0.1, 0.15) is 10.0 Å². The zero-order chi connectivity index (χ0) is 21.6. The number of nitrogens with two attached hydrogens (primary N) is 2. The van der Waals surface area contributed by atoms with Crippen LogP contribution in [0.2, 0.25) is 0 Å². The molecule has 4 nitrogen and oxygen atoms in total. The standard InChI is InChI=1S/C13H21N3.C8H12FNS2/c1-8(2)11-6-15-7-12(9(3)4)13(11)16-10(5)14;1-8(2,3)6-4-5(9)7(11-6)12-10/h6-9H,5,14H2,1-4H3,(H,15,16);4H,10H2,1-3H3. The molecule has 2 aromatic heterocycles. The molecule has 0 saturated heterocycles. The molecule has 0 aliphatic carbocycles. The van der Waals surface area contributed by atoms with E-state index in [9.17, 15) is 4.39 Å². The summed E-state index contributed by atoms with van der Waals surface area (Å²) in [5.41, 5.74) is 9.07. The lowest BCUT2D eigenvalue weighted by Crippen LogP contribution is -2.12. The normalized spacial score (nSPS) is 11.4. The summed E-state index contributed by atoms with van der Waals surface area (Å²) in [6.45, 7) is 18.5. The summed E-state index contributed by atoms with van der Waals surface area (Å²) in [6.07, 6.45) is 3.78. The van der Waals surface area contributed by atoms with Crippen molar-refractivity contribution in [2.24, 2.45) is 10.9 Å². The minimum atomic E-state index is -0.197. The van der Waals surface area contributed by atoms with E-state index in [2.05, 4.69) is 65.3 Å². The average Bonchev–Trinajstić information content (AvgIpc) is 2.96. The highest BCUT2D eigenvalue weighted by Gasteiger charge is 2.19. The fourth-order valence-corrected chi connectivity index (χ4v) is 3.93. The van der Waals surface area contributed by atoms with E-state index in [0.717, 1.165) is 22.5 Å². The fourth-order valence-electron chi connectivity index (χ4n) is 2.48. The maximum atomic E-state index is 13.1. The maximum absolute atomic E-state index is 13.1. The van der Waals surface area contributed by atoms with Crippen LogP contribution in [-0.2, 0) is 5.41 Å². The lowest BCUT2D eigenvalue weighted by molar-refractivity contribution is 0.585. The molecule has 0 aromatic carbocycles. The first kappa shape index (κ1) is 24.5. The third kappa shape index (κ3) is 6.79. The van der Waals surface area contributed by atoms with Gasteiger partial charge in [-0.25, -0.2) is 4.39 Å². The topological polar surface area (TPSA) is 77.0 Å². The molecule has 28 heavy (non-hydrogen) atoms. The van der Waals surface area contributed by atoms with E-state index in [1.165, 1.54) is 22.5 Å². The number of nitrogens with zero attached hydrogens (tertiary/aromatic N) is 1. The first-order chi connectivity index (χ1) is 12.9. The Labute approximate surface area is 177 Å². The van der Waals surface area contributed by atoms with Crippen LogP contribution in [0.15, 0.2) is 35.1 Å². The summed E-state index contributed by atoms with van der Waals surface area (Å²) < 4.78 is 13.6. The Morgan fingerprint density at radius 1 is 1.18 bits per heavy atom. The van der Waals surface area contributed by atoms with Crippen LogP contribution in [0.5, 0.6) is 0 Å². The number of anilines is 1. The predicted molar refractivity (Wildman–Crippen MR) is 122 cm³/mol. The second-order valence-corrected chi connectivity index (χ2v) is 10.2. The summed E-state index contributed by atoms with van der Waals surface area (Å²) in [5, 5.41) is 8.44. The van der Waals surface area contributed by atoms with Gasteiger partial charge in [-0.05, 0) is 46.4 Å². The highest BCUT2D eigenvalue weighted by atomic mass is 32.2. The van der Waals surface area contributed by atoms with Crippen LogP contribution in [-0.4, -0.2) is 4.98 Å². The minimum Gasteiger partial charge on any atom is -0.386 e. The number of hydrogen-bond acceptors (Lipinski definition) is 6. The zero-order valence-electron chi connectivity index (χ0n) is 17.9. The molecule has 0 aliphatic heterocycles. The van der Waals surface area contributed by atoms with E-state index < -0.39 is 0 Å². The summed E-state index contributed by atoms with van der Waals surface area (Å²) in [5.74, 6) is 1.09. The molecule has 2 heterocycles. The van der Waals surface area contributed by atoms with Crippen molar-refractivity contribution >= 4 is 29.0 Å². The Morgan fingerprint density at radius 3 is 1.96 bits per heavy atom. The molecule has 0 radical (unpaired) electrons. The molecule has 0 amide bonds. The van der Waals surface area contributed by atoms with Gasteiger partial charge in [-0.2, -0.15) is 0 Å². The third-order valence-electron chi connectivity index (χ3n) is 4.04. The molecule has 0 bridgehead atoms. The Hall–Kier alpha value is -1.57. The van der Waals surface area contributed by atoms with E-state index in [1.54, 1.807) is 6.07 Å². The number of nitrogens with one attached hydrogen (secondary N) is 1. The molecule has 2 rings (SSSR count). The smallest absolute Gasteiger partial charge is 0.149 e. The van der Waals surface area contributed by atoms with E-state index in [4.69, 9.17) is 10.9 Å². The molecular weight excluding hydrogens is 391 g/mol. The van der Waals surface area contributed by atoms with E-state index >= 15 is 0 Å². The highest BCUT2D eigenvalue weighted by Crippen LogP contribution is 2.35. The summed E-state index contributed by atoms with van der Waals surface area (Å²) >= 11 is 2.41. The van der Waals surface area contributed by atoms with Crippen molar-refractivity contribution in [1.82, 2.24) is 4.98 Å². The van der Waals surface area contributed by atoms with E-state index in [-0.39, 0.29) is 11.2 Å². The lowest BCUT2D eigenvalue weighted by Gasteiger charge is -2.19. The Bertz CT molecular complexity index is 766. The summed E-state index contributed by atoms with van der Waals surface area (Å²) in [6, 6.07) is 1.57. The van der Waals surface area contributed by atoms with Crippen LogP contribution in [0.25, 0.3) is 0 Å². The van der Waals surface area contributed by atoms with E-state index in [0.29, 0.717) is 21.9 Å². The van der Waals surface area contributed by atoms with Crippen molar-refractivity contribution in [2.45, 2.75) is 69.9 Å². The van der Waals surface area contributed by atoms with Crippen LogP contribution in [0.4, 0.5) is 10.1 Å². The molecule has 0 spiro atoms. The lowest BCUT2D eigenvalue weighted by atomic mass is 9.95. The zero-order valence-corrected chi connectivity index (χ0v) is 19.5. The van der Waals surface area contributed by atoms with Gasteiger partial charge in [0.2, 0.25) is 0 Å².